The van der Waals surface area contributed by atoms with Crippen LogP contribution in [-0.2, 0) is 14.8 Å². The van der Waals surface area contributed by atoms with Crippen LogP contribution in [0.2, 0.25) is 0 Å². The van der Waals surface area contributed by atoms with Crippen LogP contribution in [0.4, 0.5) is 11.4 Å². The minimum absolute atomic E-state index is 0.000494. The second-order valence-electron chi connectivity index (χ2n) is 4.16. The Bertz CT molecular complexity index is 525. The Balaban J connectivity index is 2.69. The third kappa shape index (κ3) is 4.88. The second-order valence-corrected chi connectivity index (χ2v) is 6.17. The predicted molar refractivity (Wildman–Crippen MR) is 74.4 cm³/mol. The number of nitrogens with one attached hydrogen (secondary N) is 2. The molecule has 19 heavy (non-hydrogen) atoms. The van der Waals surface area contributed by atoms with Gasteiger partial charge in [-0.3, -0.25) is 9.52 Å². The molecule has 1 atom stereocenters. The van der Waals surface area contributed by atoms with Gasteiger partial charge in [-0.2, -0.15) is 0 Å². The highest BCUT2D eigenvalue weighted by Crippen LogP contribution is 2.15. The summed E-state index contributed by atoms with van der Waals surface area (Å²) in [6.45, 7) is 2.94. The molecule has 0 saturated heterocycles. The first kappa shape index (κ1) is 15.5. The molecule has 6 nitrogen and oxygen atoms in total. The first-order valence-corrected chi connectivity index (χ1v) is 7.55. The minimum Gasteiger partial charge on any atom is -0.396 e. The highest BCUT2D eigenvalue weighted by molar-refractivity contribution is 7.92. The van der Waals surface area contributed by atoms with Crippen LogP contribution < -0.4 is 10.0 Å². The van der Waals surface area contributed by atoms with Gasteiger partial charge in [0.25, 0.3) is 0 Å². The van der Waals surface area contributed by atoms with Crippen molar-refractivity contribution in [2.24, 2.45) is 5.92 Å². The van der Waals surface area contributed by atoms with E-state index in [0.29, 0.717) is 11.4 Å². The molecule has 0 saturated carbocycles. The van der Waals surface area contributed by atoms with E-state index >= 15 is 0 Å². The molecule has 7 heteroatoms. The SMILES string of the molecule is CCS(=O)(=O)Nc1ccc(NC(=O)C(C)CO)cc1. The molecule has 0 radical (unpaired) electrons. The maximum atomic E-state index is 11.5. The van der Waals surface area contributed by atoms with Gasteiger partial charge in [-0.25, -0.2) is 8.42 Å². The van der Waals surface area contributed by atoms with Gasteiger partial charge in [-0.1, -0.05) is 6.92 Å². The number of benzene rings is 1. The van der Waals surface area contributed by atoms with Gasteiger partial charge in [0.1, 0.15) is 0 Å². The quantitative estimate of drug-likeness (QED) is 0.727. The van der Waals surface area contributed by atoms with Crippen molar-refractivity contribution < 1.29 is 18.3 Å². The number of aliphatic hydroxyl groups excluding tert-OH is 1. The van der Waals surface area contributed by atoms with E-state index in [-0.39, 0.29) is 18.3 Å². The Morgan fingerprint density at radius 3 is 2.26 bits per heavy atom. The summed E-state index contributed by atoms with van der Waals surface area (Å²) < 4.78 is 25.1. The fourth-order valence-electron chi connectivity index (χ4n) is 1.22. The maximum absolute atomic E-state index is 11.5. The standard InChI is InChI=1S/C12H18N2O4S/c1-3-19(17,18)14-11-6-4-10(5-7-11)13-12(16)9(2)8-15/h4-7,9,14-15H,3,8H2,1-2H3,(H,13,16). The molecule has 0 aliphatic rings. The summed E-state index contributed by atoms with van der Waals surface area (Å²) >= 11 is 0. The number of amides is 1. The maximum Gasteiger partial charge on any atom is 0.232 e. The van der Waals surface area contributed by atoms with Crippen LogP contribution >= 0.6 is 0 Å². The van der Waals surface area contributed by atoms with Gasteiger partial charge in [0.2, 0.25) is 15.9 Å². The Labute approximate surface area is 112 Å². The third-order valence-corrected chi connectivity index (χ3v) is 3.83. The van der Waals surface area contributed by atoms with E-state index in [1.165, 1.54) is 0 Å². The van der Waals surface area contributed by atoms with Crippen LogP contribution in [0.25, 0.3) is 0 Å². The van der Waals surface area contributed by atoms with Crippen molar-refractivity contribution in [3.8, 4) is 0 Å². The zero-order valence-electron chi connectivity index (χ0n) is 10.9. The number of anilines is 2. The summed E-state index contributed by atoms with van der Waals surface area (Å²) in [7, 11) is -3.30. The van der Waals surface area contributed by atoms with Crippen molar-refractivity contribution in [2.75, 3.05) is 22.4 Å². The molecule has 1 aromatic rings. The van der Waals surface area contributed by atoms with Crippen molar-refractivity contribution in [1.82, 2.24) is 0 Å². The lowest BCUT2D eigenvalue weighted by molar-refractivity contribution is -0.120. The Kier molecular flexibility index (Phi) is 5.31. The van der Waals surface area contributed by atoms with Crippen LogP contribution in [-0.4, -0.2) is 31.8 Å². The van der Waals surface area contributed by atoms with Crippen LogP contribution in [0.5, 0.6) is 0 Å². The first-order valence-electron chi connectivity index (χ1n) is 5.90. The van der Waals surface area contributed by atoms with E-state index in [2.05, 4.69) is 10.0 Å². The smallest absolute Gasteiger partial charge is 0.232 e. The topological polar surface area (TPSA) is 95.5 Å². The van der Waals surface area contributed by atoms with E-state index in [4.69, 9.17) is 5.11 Å². The Morgan fingerprint density at radius 1 is 1.26 bits per heavy atom. The van der Waals surface area contributed by atoms with Crippen LogP contribution in [0.1, 0.15) is 13.8 Å². The summed E-state index contributed by atoms with van der Waals surface area (Å²) in [5.74, 6) is -0.776. The van der Waals surface area contributed by atoms with Crippen molar-refractivity contribution in [3.05, 3.63) is 24.3 Å². The lowest BCUT2D eigenvalue weighted by Gasteiger charge is -2.10. The molecule has 1 amide bonds. The van der Waals surface area contributed by atoms with Gasteiger partial charge in [0.15, 0.2) is 0 Å². The van der Waals surface area contributed by atoms with Gasteiger partial charge in [-0.05, 0) is 31.2 Å². The van der Waals surface area contributed by atoms with Gasteiger partial charge >= 0.3 is 0 Å². The van der Waals surface area contributed by atoms with Gasteiger partial charge in [0, 0.05) is 11.4 Å². The summed E-state index contributed by atoms with van der Waals surface area (Å²) in [6, 6.07) is 6.31. The molecular formula is C12H18N2O4S. The van der Waals surface area contributed by atoms with E-state index in [0.717, 1.165) is 0 Å². The number of carbonyl (C=O) groups excluding carboxylic acids is 1. The number of aliphatic hydroxyl groups is 1. The molecule has 3 N–H and O–H groups in total. The summed E-state index contributed by atoms with van der Waals surface area (Å²) in [4.78, 5) is 11.5. The number of rotatable bonds is 6. The number of sulfonamides is 1. The fourth-order valence-corrected chi connectivity index (χ4v) is 1.86. The highest BCUT2D eigenvalue weighted by atomic mass is 32.2. The molecule has 0 heterocycles. The average Bonchev–Trinajstić information content (AvgIpc) is 2.39. The summed E-state index contributed by atoms with van der Waals surface area (Å²) in [5, 5.41) is 11.5. The fraction of sp³-hybridized carbons (Fsp3) is 0.417. The monoisotopic (exact) mass is 286 g/mol. The van der Waals surface area contributed by atoms with Crippen molar-refractivity contribution in [2.45, 2.75) is 13.8 Å². The van der Waals surface area contributed by atoms with E-state index in [1.807, 2.05) is 0 Å². The minimum atomic E-state index is -3.30. The largest absolute Gasteiger partial charge is 0.396 e. The molecule has 0 fully saturated rings. The van der Waals surface area contributed by atoms with E-state index < -0.39 is 15.9 Å². The highest BCUT2D eigenvalue weighted by Gasteiger charge is 2.11. The van der Waals surface area contributed by atoms with E-state index in [1.54, 1.807) is 38.1 Å². The number of hydrogen-bond donors (Lipinski definition) is 3. The molecule has 0 aromatic heterocycles. The van der Waals surface area contributed by atoms with Gasteiger partial charge < -0.3 is 10.4 Å². The molecule has 0 spiro atoms. The average molecular weight is 286 g/mol. The van der Waals surface area contributed by atoms with Crippen molar-refractivity contribution in [3.63, 3.8) is 0 Å². The first-order chi connectivity index (χ1) is 8.88. The Morgan fingerprint density at radius 2 is 1.79 bits per heavy atom. The zero-order chi connectivity index (χ0) is 14.5. The van der Waals surface area contributed by atoms with E-state index in [9.17, 15) is 13.2 Å². The zero-order valence-corrected chi connectivity index (χ0v) is 11.7. The van der Waals surface area contributed by atoms with Crippen molar-refractivity contribution in [1.29, 1.82) is 0 Å². The molecule has 1 aromatic carbocycles. The third-order valence-electron chi connectivity index (χ3n) is 2.53. The lowest BCUT2D eigenvalue weighted by Crippen LogP contribution is -2.22. The predicted octanol–water partition coefficient (Wildman–Crippen LogP) is 1.02. The summed E-state index contributed by atoms with van der Waals surface area (Å²) in [5.41, 5.74) is 0.986. The number of hydrogen-bond acceptors (Lipinski definition) is 4. The lowest BCUT2D eigenvalue weighted by atomic mass is 10.2. The molecular weight excluding hydrogens is 268 g/mol. The molecule has 106 valence electrons. The van der Waals surface area contributed by atoms with Gasteiger partial charge in [-0.15, -0.1) is 0 Å². The Hall–Kier alpha value is -1.60. The second kappa shape index (κ2) is 6.53. The molecule has 0 aliphatic heterocycles. The van der Waals surface area contributed by atoms with Gasteiger partial charge in [0.05, 0.1) is 18.3 Å². The molecule has 0 bridgehead atoms. The number of carbonyl (C=O) groups is 1. The summed E-state index contributed by atoms with van der Waals surface area (Å²) in [6.07, 6.45) is 0. The van der Waals surface area contributed by atoms with Crippen LogP contribution in [0, 0.1) is 5.92 Å². The molecule has 1 unspecified atom stereocenters. The normalized spacial score (nSPS) is 12.8. The van der Waals surface area contributed by atoms with Crippen molar-refractivity contribution >= 4 is 27.3 Å². The van der Waals surface area contributed by atoms with Crippen LogP contribution in [0.15, 0.2) is 24.3 Å². The van der Waals surface area contributed by atoms with Crippen LogP contribution in [0.3, 0.4) is 0 Å². The molecule has 1 rings (SSSR count). The molecule has 0 aliphatic carbocycles.